The Morgan fingerprint density at radius 1 is 1.20 bits per heavy atom. The van der Waals surface area contributed by atoms with Crippen LogP contribution < -0.4 is 5.32 Å². The second kappa shape index (κ2) is 7.08. The number of carbonyl (C=O) groups is 2. The molecule has 110 valence electrons. The van der Waals surface area contributed by atoms with E-state index in [2.05, 4.69) is 5.32 Å². The summed E-state index contributed by atoms with van der Waals surface area (Å²) < 4.78 is 5.11. The summed E-state index contributed by atoms with van der Waals surface area (Å²) in [5.41, 5.74) is 0.587. The lowest BCUT2D eigenvalue weighted by Crippen LogP contribution is -2.43. The second-order valence-electron chi connectivity index (χ2n) is 5.78. The number of rotatable bonds is 5. The largest absolute Gasteiger partial charge is 0.455 e. The normalized spacial score (nSPS) is 12.6. The predicted octanol–water partition coefficient (Wildman–Crippen LogP) is 2.64. The van der Waals surface area contributed by atoms with E-state index in [0.29, 0.717) is 6.42 Å². The first kappa shape index (κ1) is 16.2. The molecule has 1 aromatic rings. The summed E-state index contributed by atoms with van der Waals surface area (Å²) in [4.78, 5) is 23.7. The zero-order valence-corrected chi connectivity index (χ0v) is 12.6. The fourth-order valence-electron chi connectivity index (χ4n) is 1.92. The molecule has 1 N–H and O–H groups in total. The Bertz CT molecular complexity index is 449. The van der Waals surface area contributed by atoms with Gasteiger partial charge in [0, 0.05) is 5.54 Å². The highest BCUT2D eigenvalue weighted by molar-refractivity contribution is 5.83. The quantitative estimate of drug-likeness (QED) is 0.842. The van der Waals surface area contributed by atoms with Gasteiger partial charge in [-0.15, -0.1) is 0 Å². The minimum Gasteiger partial charge on any atom is -0.455 e. The molecule has 4 nitrogen and oxygen atoms in total. The zero-order valence-electron chi connectivity index (χ0n) is 12.6. The van der Waals surface area contributed by atoms with Gasteiger partial charge in [0.05, 0.1) is 5.92 Å². The Kier molecular flexibility index (Phi) is 5.74. The Morgan fingerprint density at radius 3 is 2.30 bits per heavy atom. The lowest BCUT2D eigenvalue weighted by molar-refractivity contribution is -0.150. The molecule has 0 bridgehead atoms. The van der Waals surface area contributed by atoms with Crippen LogP contribution in [0.4, 0.5) is 0 Å². The third kappa shape index (κ3) is 5.43. The van der Waals surface area contributed by atoms with Crippen molar-refractivity contribution in [1.82, 2.24) is 5.32 Å². The van der Waals surface area contributed by atoms with Crippen molar-refractivity contribution in [2.24, 2.45) is 0 Å². The first-order valence-corrected chi connectivity index (χ1v) is 6.86. The number of carbonyl (C=O) groups excluding carboxylic acids is 2. The van der Waals surface area contributed by atoms with Crippen LogP contribution in [0, 0.1) is 0 Å². The molecule has 20 heavy (non-hydrogen) atoms. The predicted molar refractivity (Wildman–Crippen MR) is 78.3 cm³/mol. The maximum atomic E-state index is 12.0. The minimum atomic E-state index is -0.359. The standard InChI is InChI=1S/C16H23NO3/c1-5-13(12-9-7-6-8-10-12)15(19)20-11-14(18)17-16(2,3)4/h6-10,13H,5,11H2,1-4H3,(H,17,18). The first-order chi connectivity index (χ1) is 9.33. The van der Waals surface area contributed by atoms with Crippen LogP contribution in [0.5, 0.6) is 0 Å². The van der Waals surface area contributed by atoms with Crippen LogP contribution >= 0.6 is 0 Å². The van der Waals surface area contributed by atoms with E-state index in [-0.39, 0.29) is 29.9 Å². The third-order valence-electron chi connectivity index (χ3n) is 2.75. The topological polar surface area (TPSA) is 55.4 Å². The van der Waals surface area contributed by atoms with E-state index in [0.717, 1.165) is 5.56 Å². The van der Waals surface area contributed by atoms with Crippen molar-refractivity contribution in [1.29, 1.82) is 0 Å². The number of ether oxygens (including phenoxy) is 1. The monoisotopic (exact) mass is 277 g/mol. The Hall–Kier alpha value is -1.84. The first-order valence-electron chi connectivity index (χ1n) is 6.86. The summed E-state index contributed by atoms with van der Waals surface area (Å²) in [7, 11) is 0. The summed E-state index contributed by atoms with van der Waals surface area (Å²) >= 11 is 0. The van der Waals surface area contributed by atoms with Crippen LogP contribution in [-0.4, -0.2) is 24.0 Å². The van der Waals surface area contributed by atoms with Crippen LogP contribution in [0.3, 0.4) is 0 Å². The van der Waals surface area contributed by atoms with Gasteiger partial charge in [-0.2, -0.15) is 0 Å². The number of nitrogens with one attached hydrogen (secondary N) is 1. The van der Waals surface area contributed by atoms with Crippen molar-refractivity contribution in [2.45, 2.75) is 45.6 Å². The van der Waals surface area contributed by atoms with Gasteiger partial charge in [-0.25, -0.2) is 0 Å². The molecular formula is C16H23NO3. The van der Waals surface area contributed by atoms with Crippen LogP contribution in [0.15, 0.2) is 30.3 Å². The number of hydrogen-bond acceptors (Lipinski definition) is 3. The second-order valence-corrected chi connectivity index (χ2v) is 5.78. The van der Waals surface area contributed by atoms with Crippen LogP contribution in [0.1, 0.15) is 45.6 Å². The summed E-state index contributed by atoms with van der Waals surface area (Å²) in [6.45, 7) is 7.33. The molecular weight excluding hydrogens is 254 g/mol. The highest BCUT2D eigenvalue weighted by Gasteiger charge is 2.21. The van der Waals surface area contributed by atoms with E-state index in [1.54, 1.807) is 0 Å². The number of amides is 1. The van der Waals surface area contributed by atoms with E-state index >= 15 is 0 Å². The van der Waals surface area contributed by atoms with E-state index in [9.17, 15) is 9.59 Å². The van der Waals surface area contributed by atoms with E-state index in [1.807, 2.05) is 58.0 Å². The maximum Gasteiger partial charge on any atom is 0.313 e. The average molecular weight is 277 g/mol. The molecule has 0 saturated carbocycles. The highest BCUT2D eigenvalue weighted by atomic mass is 16.5. The van der Waals surface area contributed by atoms with Gasteiger partial charge in [0.15, 0.2) is 6.61 Å². The molecule has 1 unspecified atom stereocenters. The number of hydrogen-bond donors (Lipinski definition) is 1. The SMILES string of the molecule is CCC(C(=O)OCC(=O)NC(C)(C)C)c1ccccc1. The van der Waals surface area contributed by atoms with Gasteiger partial charge in [0.25, 0.3) is 5.91 Å². The van der Waals surface area contributed by atoms with Gasteiger partial charge in [-0.1, -0.05) is 37.3 Å². The molecule has 1 atom stereocenters. The van der Waals surface area contributed by atoms with Gasteiger partial charge in [-0.05, 0) is 32.8 Å². The molecule has 4 heteroatoms. The molecule has 1 rings (SSSR count). The molecule has 0 aliphatic rings. The molecule has 0 radical (unpaired) electrons. The fraction of sp³-hybridized carbons (Fsp3) is 0.500. The summed E-state index contributed by atoms with van der Waals surface area (Å²) in [6.07, 6.45) is 0.643. The van der Waals surface area contributed by atoms with Gasteiger partial charge in [-0.3, -0.25) is 9.59 Å². The van der Waals surface area contributed by atoms with Crippen molar-refractivity contribution in [2.75, 3.05) is 6.61 Å². The summed E-state index contributed by atoms with van der Waals surface area (Å²) in [6, 6.07) is 9.46. The molecule has 0 aromatic heterocycles. The van der Waals surface area contributed by atoms with Gasteiger partial charge >= 0.3 is 5.97 Å². The summed E-state index contributed by atoms with van der Waals surface area (Å²) in [5, 5.41) is 2.76. The van der Waals surface area contributed by atoms with Crippen molar-refractivity contribution < 1.29 is 14.3 Å². The lowest BCUT2D eigenvalue weighted by Gasteiger charge is -2.21. The Morgan fingerprint density at radius 2 is 1.80 bits per heavy atom. The van der Waals surface area contributed by atoms with E-state index in [1.165, 1.54) is 0 Å². The summed E-state index contributed by atoms with van der Waals surface area (Å²) in [5.74, 6) is -0.963. The minimum absolute atomic E-state index is 0.237. The van der Waals surface area contributed by atoms with Gasteiger partial charge in [0.2, 0.25) is 0 Å². The average Bonchev–Trinajstić information content (AvgIpc) is 2.36. The maximum absolute atomic E-state index is 12.0. The van der Waals surface area contributed by atoms with E-state index < -0.39 is 0 Å². The van der Waals surface area contributed by atoms with Crippen molar-refractivity contribution in [3.8, 4) is 0 Å². The Balaban J connectivity index is 2.55. The van der Waals surface area contributed by atoms with Gasteiger partial charge in [0.1, 0.15) is 0 Å². The Labute approximate surface area is 120 Å². The lowest BCUT2D eigenvalue weighted by atomic mass is 9.97. The molecule has 0 spiro atoms. The van der Waals surface area contributed by atoms with Crippen molar-refractivity contribution in [3.63, 3.8) is 0 Å². The van der Waals surface area contributed by atoms with Crippen LogP contribution in [0.2, 0.25) is 0 Å². The molecule has 0 aliphatic heterocycles. The number of esters is 1. The molecule has 0 saturated heterocycles. The number of benzene rings is 1. The zero-order chi connectivity index (χ0) is 15.2. The molecule has 1 aromatic carbocycles. The van der Waals surface area contributed by atoms with Crippen molar-refractivity contribution >= 4 is 11.9 Å². The molecule has 0 aliphatic carbocycles. The van der Waals surface area contributed by atoms with Crippen molar-refractivity contribution in [3.05, 3.63) is 35.9 Å². The smallest absolute Gasteiger partial charge is 0.313 e. The van der Waals surface area contributed by atoms with Crippen LogP contribution in [0.25, 0.3) is 0 Å². The fourth-order valence-corrected chi connectivity index (χ4v) is 1.92. The molecule has 0 fully saturated rings. The van der Waals surface area contributed by atoms with E-state index in [4.69, 9.17) is 4.74 Å². The third-order valence-corrected chi connectivity index (χ3v) is 2.75. The molecule has 1 amide bonds. The van der Waals surface area contributed by atoms with Crippen LogP contribution in [-0.2, 0) is 14.3 Å². The highest BCUT2D eigenvalue weighted by Crippen LogP contribution is 2.20. The van der Waals surface area contributed by atoms with Gasteiger partial charge < -0.3 is 10.1 Å². The molecule has 0 heterocycles.